The van der Waals surface area contributed by atoms with Crippen molar-refractivity contribution in [2.75, 3.05) is 13.2 Å². The fourth-order valence-electron chi connectivity index (χ4n) is 1.57. The minimum atomic E-state index is -0.862. The van der Waals surface area contributed by atoms with Gasteiger partial charge in [0.2, 0.25) is 0 Å². The smallest absolute Gasteiger partial charge is 0.403 e. The summed E-state index contributed by atoms with van der Waals surface area (Å²) in [6.45, 7) is 0.226. The molecule has 0 heterocycles. The summed E-state index contributed by atoms with van der Waals surface area (Å²) in [5, 5.41) is 0.503. The molecule has 110 valence electrons. The minimum absolute atomic E-state index is 0.0583. The van der Waals surface area contributed by atoms with Crippen molar-refractivity contribution in [2.24, 2.45) is 0 Å². The summed E-state index contributed by atoms with van der Waals surface area (Å²) in [7, 11) is 0. The van der Waals surface area contributed by atoms with E-state index in [1.165, 1.54) is 0 Å². The van der Waals surface area contributed by atoms with Gasteiger partial charge in [0.05, 0.1) is 5.02 Å². The molecular weight excluding hydrogens is 315 g/mol. The highest BCUT2D eigenvalue weighted by Crippen LogP contribution is 2.34. The molecule has 0 aliphatic carbocycles. The zero-order valence-electron chi connectivity index (χ0n) is 10.9. The van der Waals surface area contributed by atoms with Crippen molar-refractivity contribution in [3.05, 3.63) is 53.6 Å². The topological polar surface area (TPSA) is 44.8 Å². The molecule has 2 aromatic rings. The van der Waals surface area contributed by atoms with E-state index < -0.39 is 5.43 Å². The third kappa shape index (κ3) is 4.85. The minimum Gasteiger partial charge on any atom is -0.486 e. The maximum atomic E-state index is 10.4. The van der Waals surface area contributed by atoms with Crippen LogP contribution in [0, 0.1) is 0 Å². The van der Waals surface area contributed by atoms with Gasteiger partial charge in [-0.3, -0.25) is 0 Å². The highest BCUT2D eigenvalue weighted by atomic mass is 35.5. The van der Waals surface area contributed by atoms with Gasteiger partial charge in [0, 0.05) is 11.6 Å². The van der Waals surface area contributed by atoms with Crippen LogP contribution >= 0.6 is 23.2 Å². The fraction of sp³-hybridized carbons (Fsp3) is 0.133. The van der Waals surface area contributed by atoms with Crippen LogP contribution < -0.4 is 9.47 Å². The number of carbonyl (C=O) groups is 1. The second-order valence-corrected chi connectivity index (χ2v) is 4.63. The van der Waals surface area contributed by atoms with E-state index in [2.05, 4.69) is 4.74 Å². The summed E-state index contributed by atoms with van der Waals surface area (Å²) in [5.41, 5.74) is -0.862. The van der Waals surface area contributed by atoms with Gasteiger partial charge in [-0.1, -0.05) is 35.9 Å². The SMILES string of the molecule is O=C(Cl)OCCOc1ccccc1Oc1ccccc1Cl. The predicted molar refractivity (Wildman–Crippen MR) is 80.7 cm³/mol. The molecule has 0 aromatic heterocycles. The van der Waals surface area contributed by atoms with E-state index in [1.54, 1.807) is 24.3 Å². The zero-order valence-corrected chi connectivity index (χ0v) is 12.4. The van der Waals surface area contributed by atoms with Crippen LogP contribution in [0.1, 0.15) is 0 Å². The number of para-hydroxylation sites is 3. The molecule has 2 rings (SSSR count). The van der Waals surface area contributed by atoms with Crippen molar-refractivity contribution in [1.29, 1.82) is 0 Å². The van der Waals surface area contributed by atoms with Crippen molar-refractivity contribution in [3.8, 4) is 17.2 Å². The van der Waals surface area contributed by atoms with Crippen molar-refractivity contribution in [1.82, 2.24) is 0 Å². The summed E-state index contributed by atoms with van der Waals surface area (Å²) in [6.07, 6.45) is 0. The standard InChI is InChI=1S/C15H12Cl2O4/c16-11-5-1-2-6-12(11)21-14-8-4-3-7-13(14)19-9-10-20-15(17)18/h1-8H,9-10H2. The summed E-state index contributed by atoms with van der Waals surface area (Å²) < 4.78 is 15.8. The lowest BCUT2D eigenvalue weighted by atomic mass is 10.3. The molecule has 0 saturated carbocycles. The Morgan fingerprint density at radius 3 is 2.19 bits per heavy atom. The van der Waals surface area contributed by atoms with Gasteiger partial charge in [-0.15, -0.1) is 0 Å². The molecule has 0 radical (unpaired) electrons. The lowest BCUT2D eigenvalue weighted by Crippen LogP contribution is -2.08. The first-order valence-electron chi connectivity index (χ1n) is 6.13. The normalized spacial score (nSPS) is 10.0. The summed E-state index contributed by atoms with van der Waals surface area (Å²) in [5.74, 6) is 1.56. The molecule has 0 spiro atoms. The number of ether oxygens (including phenoxy) is 3. The van der Waals surface area contributed by atoms with E-state index in [0.717, 1.165) is 0 Å². The van der Waals surface area contributed by atoms with Crippen LogP contribution in [0.5, 0.6) is 17.2 Å². The first kappa shape index (κ1) is 15.5. The Morgan fingerprint density at radius 1 is 0.905 bits per heavy atom. The third-order valence-electron chi connectivity index (χ3n) is 2.46. The molecule has 2 aromatic carbocycles. The molecule has 6 heteroatoms. The van der Waals surface area contributed by atoms with Gasteiger partial charge in [0.1, 0.15) is 19.0 Å². The van der Waals surface area contributed by atoms with Crippen LogP contribution in [0.3, 0.4) is 0 Å². The fourth-order valence-corrected chi connectivity index (χ4v) is 1.82. The van der Waals surface area contributed by atoms with Gasteiger partial charge in [-0.2, -0.15) is 0 Å². The molecule has 0 saturated heterocycles. The van der Waals surface area contributed by atoms with Gasteiger partial charge < -0.3 is 14.2 Å². The molecule has 0 fully saturated rings. The number of hydrogen-bond donors (Lipinski definition) is 0. The van der Waals surface area contributed by atoms with Gasteiger partial charge >= 0.3 is 5.43 Å². The highest BCUT2D eigenvalue weighted by Gasteiger charge is 2.08. The molecule has 4 nitrogen and oxygen atoms in total. The number of carbonyl (C=O) groups excluding carboxylic acids is 1. The van der Waals surface area contributed by atoms with Gasteiger partial charge in [-0.05, 0) is 24.3 Å². The Kier molecular flexibility index (Phi) is 5.72. The lowest BCUT2D eigenvalue weighted by molar-refractivity contribution is 0.146. The number of hydrogen-bond acceptors (Lipinski definition) is 4. The number of rotatable bonds is 6. The Labute approximate surface area is 132 Å². The van der Waals surface area contributed by atoms with E-state index >= 15 is 0 Å². The summed E-state index contributed by atoms with van der Waals surface area (Å²) in [6, 6.07) is 14.3. The maximum absolute atomic E-state index is 10.4. The number of benzene rings is 2. The predicted octanol–water partition coefficient (Wildman–Crippen LogP) is 4.89. The average molecular weight is 327 g/mol. The van der Waals surface area contributed by atoms with Crippen LogP contribution in [-0.4, -0.2) is 18.6 Å². The van der Waals surface area contributed by atoms with Crippen molar-refractivity contribution in [3.63, 3.8) is 0 Å². The van der Waals surface area contributed by atoms with Crippen LogP contribution in [0.2, 0.25) is 5.02 Å². The Morgan fingerprint density at radius 2 is 1.52 bits per heavy atom. The quantitative estimate of drug-likeness (QED) is 0.560. The Balaban J connectivity index is 2.03. The van der Waals surface area contributed by atoms with E-state index in [9.17, 15) is 4.79 Å². The molecule has 0 atom stereocenters. The van der Waals surface area contributed by atoms with E-state index in [4.69, 9.17) is 32.7 Å². The molecule has 0 aliphatic rings. The number of halogens is 2. The van der Waals surface area contributed by atoms with Crippen LogP contribution in [-0.2, 0) is 4.74 Å². The van der Waals surface area contributed by atoms with Gasteiger partial charge in [0.25, 0.3) is 0 Å². The lowest BCUT2D eigenvalue weighted by Gasteiger charge is -2.12. The monoisotopic (exact) mass is 326 g/mol. The van der Waals surface area contributed by atoms with E-state index in [-0.39, 0.29) is 13.2 Å². The molecule has 0 N–H and O–H groups in total. The Bertz CT molecular complexity index is 616. The maximum Gasteiger partial charge on any atom is 0.403 e. The van der Waals surface area contributed by atoms with Crippen LogP contribution in [0.4, 0.5) is 4.79 Å². The summed E-state index contributed by atoms with van der Waals surface area (Å²) in [4.78, 5) is 10.4. The third-order valence-corrected chi connectivity index (χ3v) is 2.88. The molecule has 0 unspecified atom stereocenters. The molecular formula is C15H12Cl2O4. The van der Waals surface area contributed by atoms with Crippen LogP contribution in [0.25, 0.3) is 0 Å². The molecule has 21 heavy (non-hydrogen) atoms. The molecule has 0 amide bonds. The second kappa shape index (κ2) is 7.76. The first-order valence-corrected chi connectivity index (χ1v) is 6.89. The summed E-state index contributed by atoms with van der Waals surface area (Å²) >= 11 is 11.1. The van der Waals surface area contributed by atoms with Crippen molar-refractivity contribution < 1.29 is 19.0 Å². The van der Waals surface area contributed by atoms with Gasteiger partial charge in [0.15, 0.2) is 11.5 Å². The first-order chi connectivity index (χ1) is 10.2. The zero-order chi connectivity index (χ0) is 15.1. The van der Waals surface area contributed by atoms with Crippen LogP contribution in [0.15, 0.2) is 48.5 Å². The van der Waals surface area contributed by atoms with E-state index in [1.807, 2.05) is 24.3 Å². The highest BCUT2D eigenvalue weighted by molar-refractivity contribution is 6.61. The van der Waals surface area contributed by atoms with Crippen molar-refractivity contribution >= 4 is 28.6 Å². The van der Waals surface area contributed by atoms with Crippen molar-refractivity contribution in [2.45, 2.75) is 0 Å². The largest absolute Gasteiger partial charge is 0.486 e. The molecule has 0 bridgehead atoms. The van der Waals surface area contributed by atoms with Gasteiger partial charge in [-0.25, -0.2) is 4.79 Å². The second-order valence-electron chi connectivity index (χ2n) is 3.91. The average Bonchev–Trinajstić information content (AvgIpc) is 2.47. The van der Waals surface area contributed by atoms with E-state index in [0.29, 0.717) is 22.3 Å². The Hall–Kier alpha value is -1.91. The molecule has 0 aliphatic heterocycles.